The van der Waals surface area contributed by atoms with Crippen LogP contribution in [-0.4, -0.2) is 68.9 Å². The fourth-order valence-corrected chi connectivity index (χ4v) is 4.10. The number of nitrogens with zero attached hydrogens (tertiary/aromatic N) is 7. The van der Waals surface area contributed by atoms with E-state index in [-0.39, 0.29) is 5.25 Å². The van der Waals surface area contributed by atoms with E-state index in [2.05, 4.69) is 28.7 Å². The molecule has 31 heavy (non-hydrogen) atoms. The zero-order valence-corrected chi connectivity index (χ0v) is 19.1. The second-order valence-corrected chi connectivity index (χ2v) is 8.78. The second kappa shape index (κ2) is 9.61. The Morgan fingerprint density at radius 3 is 2.65 bits per heavy atom. The van der Waals surface area contributed by atoms with Crippen molar-refractivity contribution >= 4 is 17.7 Å². The first-order valence-electron chi connectivity index (χ1n) is 10.4. The molecule has 1 atom stereocenters. The van der Waals surface area contributed by atoms with E-state index in [0.717, 1.165) is 41.6 Å². The molecule has 3 aromatic heterocycles. The number of ether oxygens (including phenoxy) is 2. The summed E-state index contributed by atoms with van der Waals surface area (Å²) in [5.74, 6) is 3.67. The molecule has 4 rings (SSSR count). The molecule has 1 saturated heterocycles. The van der Waals surface area contributed by atoms with Gasteiger partial charge in [-0.15, -0.1) is 5.10 Å². The van der Waals surface area contributed by atoms with Gasteiger partial charge in [0.2, 0.25) is 11.8 Å². The minimum atomic E-state index is 0.164. The van der Waals surface area contributed by atoms with Gasteiger partial charge in [-0.25, -0.2) is 24.6 Å². The van der Waals surface area contributed by atoms with Gasteiger partial charge >= 0.3 is 0 Å². The predicted octanol–water partition coefficient (Wildman–Crippen LogP) is 3.09. The van der Waals surface area contributed by atoms with Crippen LogP contribution in [0.1, 0.15) is 30.5 Å². The maximum atomic E-state index is 5.47. The van der Waals surface area contributed by atoms with Crippen LogP contribution in [0.3, 0.4) is 0 Å². The monoisotopic (exact) mass is 441 g/mol. The van der Waals surface area contributed by atoms with Gasteiger partial charge in [-0.1, -0.05) is 6.92 Å². The summed E-state index contributed by atoms with van der Waals surface area (Å²) in [4.78, 5) is 20.8. The van der Waals surface area contributed by atoms with Gasteiger partial charge in [0, 0.05) is 25.4 Å². The lowest BCUT2D eigenvalue weighted by atomic mass is 10.2. The van der Waals surface area contributed by atoms with Gasteiger partial charge in [-0.05, 0) is 31.2 Å². The molecule has 1 unspecified atom stereocenters. The molecule has 1 aliphatic rings. The van der Waals surface area contributed by atoms with Crippen LogP contribution in [0.4, 0.5) is 5.95 Å². The van der Waals surface area contributed by atoms with Crippen LogP contribution in [-0.2, 0) is 4.74 Å². The molecule has 164 valence electrons. The highest BCUT2D eigenvalue weighted by Gasteiger charge is 2.22. The lowest BCUT2D eigenvalue weighted by molar-refractivity contribution is 0.122. The van der Waals surface area contributed by atoms with Gasteiger partial charge in [-0.3, -0.25) is 0 Å². The minimum Gasteiger partial charge on any atom is -0.481 e. The first kappa shape index (κ1) is 21.5. The van der Waals surface area contributed by atoms with Gasteiger partial charge < -0.3 is 14.4 Å². The standard InChI is InChI=1S/C21H27N7O2S/c1-5-31-15(3)19-25-20(28(26-19)16-6-7-17(29-4)22-13-16)18-14(2)12-23-21(24-18)27-8-10-30-11-9-27/h6-7,12-13,15H,5,8-11H2,1-4H3. The number of morpholine rings is 1. The van der Waals surface area contributed by atoms with E-state index in [0.29, 0.717) is 30.9 Å². The van der Waals surface area contributed by atoms with Crippen molar-refractivity contribution in [2.75, 3.05) is 44.1 Å². The maximum Gasteiger partial charge on any atom is 0.226 e. The maximum absolute atomic E-state index is 5.47. The average Bonchev–Trinajstić information content (AvgIpc) is 3.25. The quantitative estimate of drug-likeness (QED) is 0.548. The Bertz CT molecular complexity index is 1020. The molecule has 4 heterocycles. The minimum absolute atomic E-state index is 0.164. The number of thioether (sulfide) groups is 1. The molecule has 1 aliphatic heterocycles. The van der Waals surface area contributed by atoms with Crippen molar-refractivity contribution in [1.29, 1.82) is 0 Å². The number of rotatable bonds is 7. The summed E-state index contributed by atoms with van der Waals surface area (Å²) in [5, 5.41) is 4.99. The largest absolute Gasteiger partial charge is 0.481 e. The van der Waals surface area contributed by atoms with Crippen molar-refractivity contribution in [2.24, 2.45) is 0 Å². The van der Waals surface area contributed by atoms with Gasteiger partial charge in [0.05, 0.1) is 37.5 Å². The van der Waals surface area contributed by atoms with Crippen LogP contribution in [0, 0.1) is 6.92 Å². The van der Waals surface area contributed by atoms with E-state index in [9.17, 15) is 0 Å². The van der Waals surface area contributed by atoms with E-state index >= 15 is 0 Å². The fraction of sp³-hybridized carbons (Fsp3) is 0.476. The highest BCUT2D eigenvalue weighted by molar-refractivity contribution is 7.99. The molecule has 0 amide bonds. The molecule has 0 N–H and O–H groups in total. The third kappa shape index (κ3) is 4.64. The zero-order chi connectivity index (χ0) is 21.8. The molecule has 0 bridgehead atoms. The Hall–Kier alpha value is -2.72. The molecule has 0 aromatic carbocycles. The summed E-state index contributed by atoms with van der Waals surface area (Å²) in [7, 11) is 1.60. The van der Waals surface area contributed by atoms with E-state index in [4.69, 9.17) is 24.5 Å². The summed E-state index contributed by atoms with van der Waals surface area (Å²) in [6, 6.07) is 3.74. The predicted molar refractivity (Wildman–Crippen MR) is 121 cm³/mol. The Kier molecular flexibility index (Phi) is 6.67. The van der Waals surface area contributed by atoms with Crippen molar-refractivity contribution in [3.63, 3.8) is 0 Å². The lowest BCUT2D eigenvalue weighted by Gasteiger charge is -2.27. The van der Waals surface area contributed by atoms with Crippen molar-refractivity contribution < 1.29 is 9.47 Å². The molecule has 0 saturated carbocycles. The molecule has 3 aromatic rings. The normalized spacial score (nSPS) is 15.2. The molecular weight excluding hydrogens is 414 g/mol. The molecule has 9 nitrogen and oxygen atoms in total. The highest BCUT2D eigenvalue weighted by Crippen LogP contribution is 2.30. The van der Waals surface area contributed by atoms with Crippen molar-refractivity contribution in [2.45, 2.75) is 26.0 Å². The molecule has 0 aliphatic carbocycles. The summed E-state index contributed by atoms with van der Waals surface area (Å²) in [6.07, 6.45) is 3.58. The SMILES string of the molecule is CCSC(C)c1nc(-c2nc(N3CCOCC3)ncc2C)n(-c2ccc(OC)nc2)n1. The molecule has 10 heteroatoms. The van der Waals surface area contributed by atoms with E-state index < -0.39 is 0 Å². The number of hydrogen-bond donors (Lipinski definition) is 0. The number of anilines is 1. The smallest absolute Gasteiger partial charge is 0.226 e. The van der Waals surface area contributed by atoms with E-state index in [1.54, 1.807) is 25.1 Å². The third-order valence-electron chi connectivity index (χ3n) is 5.04. The highest BCUT2D eigenvalue weighted by atomic mass is 32.2. The van der Waals surface area contributed by atoms with Crippen LogP contribution in [0.15, 0.2) is 24.5 Å². The van der Waals surface area contributed by atoms with Crippen LogP contribution in [0.2, 0.25) is 0 Å². The van der Waals surface area contributed by atoms with Crippen LogP contribution < -0.4 is 9.64 Å². The zero-order valence-electron chi connectivity index (χ0n) is 18.3. The van der Waals surface area contributed by atoms with Crippen molar-refractivity contribution in [3.05, 3.63) is 35.9 Å². The van der Waals surface area contributed by atoms with Gasteiger partial charge in [0.25, 0.3) is 0 Å². The van der Waals surface area contributed by atoms with Gasteiger partial charge in [0.15, 0.2) is 11.6 Å². The molecule has 0 radical (unpaired) electrons. The Morgan fingerprint density at radius 1 is 1.16 bits per heavy atom. The summed E-state index contributed by atoms with van der Waals surface area (Å²) < 4.78 is 12.5. The lowest BCUT2D eigenvalue weighted by Crippen LogP contribution is -2.37. The number of aryl methyl sites for hydroxylation is 1. The topological polar surface area (TPSA) is 91.1 Å². The number of pyridine rings is 1. The van der Waals surface area contributed by atoms with Gasteiger partial charge in [-0.2, -0.15) is 11.8 Å². The van der Waals surface area contributed by atoms with E-state index in [1.165, 1.54) is 0 Å². The average molecular weight is 442 g/mol. The second-order valence-electron chi connectivity index (χ2n) is 7.16. The van der Waals surface area contributed by atoms with Gasteiger partial charge in [0.1, 0.15) is 5.69 Å². The Labute approximate surface area is 186 Å². The number of aromatic nitrogens is 6. The van der Waals surface area contributed by atoms with Crippen LogP contribution in [0.5, 0.6) is 5.88 Å². The Balaban J connectivity index is 1.80. The molecule has 1 fully saturated rings. The molecule has 0 spiro atoms. The van der Waals surface area contributed by atoms with Crippen molar-refractivity contribution in [1.82, 2.24) is 29.7 Å². The first-order chi connectivity index (χ1) is 15.1. The van der Waals surface area contributed by atoms with E-state index in [1.807, 2.05) is 29.9 Å². The van der Waals surface area contributed by atoms with Crippen LogP contribution >= 0.6 is 11.8 Å². The first-order valence-corrected chi connectivity index (χ1v) is 11.4. The molecular formula is C21H27N7O2S. The summed E-state index contributed by atoms with van der Waals surface area (Å²) in [6.45, 7) is 9.14. The van der Waals surface area contributed by atoms with Crippen LogP contribution in [0.25, 0.3) is 17.2 Å². The number of hydrogen-bond acceptors (Lipinski definition) is 9. The summed E-state index contributed by atoms with van der Waals surface area (Å²) in [5.41, 5.74) is 2.50. The Morgan fingerprint density at radius 2 is 1.97 bits per heavy atom. The fourth-order valence-electron chi connectivity index (χ4n) is 3.35. The number of methoxy groups -OCH3 is 1. The summed E-state index contributed by atoms with van der Waals surface area (Å²) >= 11 is 1.80. The third-order valence-corrected chi connectivity index (χ3v) is 6.09. The van der Waals surface area contributed by atoms with Crippen molar-refractivity contribution in [3.8, 4) is 23.1 Å².